The summed E-state index contributed by atoms with van der Waals surface area (Å²) in [6, 6.07) is 7.40. The zero-order valence-corrected chi connectivity index (χ0v) is 9.19. The largest absolute Gasteiger partial charge is 0.371 e. The summed E-state index contributed by atoms with van der Waals surface area (Å²) in [5.41, 5.74) is 1.60. The Labute approximate surface area is 95.1 Å². The molecule has 0 N–H and O–H groups in total. The Hall–Kier alpha value is -1.34. The first kappa shape index (κ1) is 11.2. The highest BCUT2D eigenvalue weighted by Crippen LogP contribution is 2.36. The Morgan fingerprint density at radius 3 is 2.88 bits per heavy atom. The highest BCUT2D eigenvalue weighted by Gasteiger charge is 2.29. The number of hydrogen-bond donors (Lipinski definition) is 0. The van der Waals surface area contributed by atoms with Gasteiger partial charge in [-0.15, -0.1) is 0 Å². The first-order valence-corrected chi connectivity index (χ1v) is 5.46. The summed E-state index contributed by atoms with van der Waals surface area (Å²) in [4.78, 5) is 0. The molecule has 0 amide bonds. The number of nitriles is 1. The number of fused-ring (bicyclic) bond motifs is 1. The molecule has 1 heterocycles. The van der Waals surface area contributed by atoms with Crippen LogP contribution in [0.5, 0.6) is 0 Å². The van der Waals surface area contributed by atoms with Crippen molar-refractivity contribution in [3.05, 3.63) is 35.4 Å². The van der Waals surface area contributed by atoms with Crippen molar-refractivity contribution in [2.45, 2.75) is 25.4 Å². The molecular weight excluding hydrogens is 204 g/mol. The number of nitrogens with zero attached hydrogens (tertiary/aromatic N) is 1. The third-order valence-electron chi connectivity index (χ3n) is 2.91. The van der Waals surface area contributed by atoms with Crippen molar-refractivity contribution in [3.63, 3.8) is 0 Å². The number of rotatable bonds is 2. The molecule has 1 aliphatic heterocycles. The second-order valence-corrected chi connectivity index (χ2v) is 4.18. The predicted octanol–water partition coefficient (Wildman–Crippen LogP) is 2.96. The molecule has 0 spiro atoms. The van der Waals surface area contributed by atoms with Gasteiger partial charge in [-0.2, -0.15) is 0 Å². The van der Waals surface area contributed by atoms with Gasteiger partial charge in [0.25, 0.3) is 6.71 Å². The summed E-state index contributed by atoms with van der Waals surface area (Å²) in [7, 11) is 0. The van der Waals surface area contributed by atoms with Gasteiger partial charge in [-0.05, 0) is 17.4 Å². The number of alkyl halides is 1. The van der Waals surface area contributed by atoms with Crippen molar-refractivity contribution >= 4 is 6.71 Å². The third kappa shape index (κ3) is 2.10. The summed E-state index contributed by atoms with van der Waals surface area (Å²) >= 11 is 0. The lowest BCUT2D eigenvalue weighted by Crippen LogP contribution is -2.22. The molecule has 1 aromatic rings. The molecule has 1 aliphatic rings. The van der Waals surface area contributed by atoms with Gasteiger partial charge in [0.15, 0.2) is 0 Å². The molecule has 2 unspecified atom stereocenters. The van der Waals surface area contributed by atoms with Gasteiger partial charge in [0, 0.05) is 5.97 Å². The maximum atomic E-state index is 13.6. The Balaban J connectivity index is 2.25. The minimum Gasteiger partial charge on any atom is -0.371 e. The third-order valence-corrected chi connectivity index (χ3v) is 2.91. The SMILES string of the molecule is CB(C#N)CC1OCC(F)c2ccccc21. The van der Waals surface area contributed by atoms with Gasteiger partial charge in [-0.1, -0.05) is 31.1 Å². The van der Waals surface area contributed by atoms with E-state index in [2.05, 4.69) is 5.97 Å². The fourth-order valence-corrected chi connectivity index (χ4v) is 2.04. The number of ether oxygens (including phenoxy) is 1. The zero-order chi connectivity index (χ0) is 11.5. The molecule has 0 bridgehead atoms. The maximum Gasteiger partial charge on any atom is 0.267 e. The Bertz CT molecular complexity index is 418. The molecule has 0 saturated heterocycles. The monoisotopic (exact) mass is 217 g/mol. The molecule has 0 fully saturated rings. The van der Waals surface area contributed by atoms with Crippen molar-refractivity contribution in [1.82, 2.24) is 0 Å². The van der Waals surface area contributed by atoms with Crippen LogP contribution in [0.3, 0.4) is 0 Å². The molecule has 82 valence electrons. The van der Waals surface area contributed by atoms with Gasteiger partial charge in [0.1, 0.15) is 6.17 Å². The average molecular weight is 217 g/mol. The van der Waals surface area contributed by atoms with E-state index in [4.69, 9.17) is 10.00 Å². The van der Waals surface area contributed by atoms with Crippen LogP contribution in [0.1, 0.15) is 23.4 Å². The van der Waals surface area contributed by atoms with Crippen LogP contribution in [0, 0.1) is 11.2 Å². The first-order valence-electron chi connectivity index (χ1n) is 5.46. The Kier molecular flexibility index (Phi) is 3.26. The van der Waals surface area contributed by atoms with E-state index >= 15 is 0 Å². The summed E-state index contributed by atoms with van der Waals surface area (Å²) < 4.78 is 19.0. The van der Waals surface area contributed by atoms with Crippen molar-refractivity contribution in [3.8, 4) is 5.97 Å². The van der Waals surface area contributed by atoms with Crippen LogP contribution in [-0.4, -0.2) is 13.3 Å². The molecule has 0 saturated carbocycles. The number of hydrogen-bond acceptors (Lipinski definition) is 2. The van der Waals surface area contributed by atoms with Crippen LogP contribution in [0.2, 0.25) is 13.1 Å². The molecule has 1 aromatic carbocycles. The van der Waals surface area contributed by atoms with E-state index in [9.17, 15) is 4.39 Å². The minimum absolute atomic E-state index is 0.0748. The molecule has 0 aliphatic carbocycles. The molecule has 16 heavy (non-hydrogen) atoms. The van der Waals surface area contributed by atoms with Gasteiger partial charge in [0.05, 0.1) is 12.7 Å². The van der Waals surface area contributed by atoms with Crippen LogP contribution in [0.15, 0.2) is 24.3 Å². The summed E-state index contributed by atoms with van der Waals surface area (Å²) in [5.74, 6) is 2.18. The van der Waals surface area contributed by atoms with Crippen molar-refractivity contribution in [2.75, 3.05) is 6.61 Å². The lowest BCUT2D eigenvalue weighted by Gasteiger charge is -2.28. The summed E-state index contributed by atoms with van der Waals surface area (Å²) in [6.07, 6.45) is -0.553. The second kappa shape index (κ2) is 4.67. The van der Waals surface area contributed by atoms with Crippen molar-refractivity contribution < 1.29 is 9.13 Å². The fraction of sp³-hybridized carbons (Fsp3) is 0.417. The Morgan fingerprint density at radius 2 is 2.19 bits per heavy atom. The van der Waals surface area contributed by atoms with E-state index in [0.717, 1.165) is 5.56 Å². The standard InChI is InChI=1S/C12H13BFNO/c1-13(8-15)6-12-10-5-3-2-4-9(10)11(14)7-16-12/h2-5,11-12H,6-7H2,1H3. The summed E-state index contributed by atoms with van der Waals surface area (Å²) in [5, 5.41) is 8.79. The van der Waals surface area contributed by atoms with E-state index in [-0.39, 0.29) is 19.4 Å². The molecule has 2 nitrogen and oxygen atoms in total. The van der Waals surface area contributed by atoms with Crippen LogP contribution in [0.25, 0.3) is 0 Å². The predicted molar refractivity (Wildman–Crippen MR) is 61.0 cm³/mol. The van der Waals surface area contributed by atoms with Gasteiger partial charge in [-0.25, -0.2) is 9.65 Å². The first-order chi connectivity index (χ1) is 7.72. The minimum atomic E-state index is -1.04. The molecular formula is C12H13BFNO. The quantitative estimate of drug-likeness (QED) is 0.713. The molecule has 0 radical (unpaired) electrons. The highest BCUT2D eigenvalue weighted by molar-refractivity contribution is 6.65. The lowest BCUT2D eigenvalue weighted by molar-refractivity contribution is 0.00901. The highest BCUT2D eigenvalue weighted by atomic mass is 19.1. The zero-order valence-electron chi connectivity index (χ0n) is 9.19. The summed E-state index contributed by atoms with van der Waals surface area (Å²) in [6.45, 7) is 1.88. The fourth-order valence-electron chi connectivity index (χ4n) is 2.04. The van der Waals surface area contributed by atoms with E-state index < -0.39 is 6.17 Å². The van der Waals surface area contributed by atoms with Gasteiger partial charge in [-0.3, -0.25) is 0 Å². The van der Waals surface area contributed by atoms with E-state index in [0.29, 0.717) is 11.9 Å². The maximum absolute atomic E-state index is 13.6. The second-order valence-electron chi connectivity index (χ2n) is 4.18. The van der Waals surface area contributed by atoms with Crippen molar-refractivity contribution in [1.29, 1.82) is 5.26 Å². The smallest absolute Gasteiger partial charge is 0.267 e. The topological polar surface area (TPSA) is 33.0 Å². The molecule has 2 atom stereocenters. The van der Waals surface area contributed by atoms with E-state index in [1.165, 1.54) is 0 Å². The molecule has 2 rings (SSSR count). The van der Waals surface area contributed by atoms with Crippen LogP contribution in [-0.2, 0) is 4.74 Å². The van der Waals surface area contributed by atoms with E-state index in [1.54, 1.807) is 6.07 Å². The van der Waals surface area contributed by atoms with Gasteiger partial charge >= 0.3 is 0 Å². The number of halogens is 1. The van der Waals surface area contributed by atoms with Crippen LogP contribution in [0.4, 0.5) is 4.39 Å². The molecule has 4 heteroatoms. The molecule has 0 aromatic heterocycles. The van der Waals surface area contributed by atoms with Gasteiger partial charge < -0.3 is 4.74 Å². The average Bonchev–Trinajstić information content (AvgIpc) is 2.33. The van der Waals surface area contributed by atoms with Crippen molar-refractivity contribution in [2.24, 2.45) is 0 Å². The van der Waals surface area contributed by atoms with E-state index in [1.807, 2.05) is 25.0 Å². The normalized spacial score (nSPS) is 23.3. The van der Waals surface area contributed by atoms with Crippen LogP contribution < -0.4 is 0 Å². The number of benzene rings is 1. The Morgan fingerprint density at radius 1 is 1.50 bits per heavy atom. The van der Waals surface area contributed by atoms with Crippen LogP contribution >= 0.6 is 0 Å². The van der Waals surface area contributed by atoms with Gasteiger partial charge in [0.2, 0.25) is 0 Å². The lowest BCUT2D eigenvalue weighted by atomic mass is 9.49.